The van der Waals surface area contributed by atoms with Gasteiger partial charge in [0.25, 0.3) is 0 Å². The van der Waals surface area contributed by atoms with Gasteiger partial charge in [-0.1, -0.05) is 48.5 Å². The Balaban J connectivity index is 0.00000261. The first kappa shape index (κ1) is 20.4. The standard InChI is InChI=1S/C21H19NO4.ClH/c23-19-15-22-13-11-18(19)21(25,17-9-5-2-6-10-17)12-14-26-20(24)16-7-3-1-4-8-16;/h1-11,13,15,23,25H,12,14H2;1H. The third-order valence-electron chi connectivity index (χ3n) is 4.20. The summed E-state index contributed by atoms with van der Waals surface area (Å²) in [5.74, 6) is -0.576. The van der Waals surface area contributed by atoms with Crippen molar-refractivity contribution < 1.29 is 19.7 Å². The number of nitrogens with zero attached hydrogens (tertiary/aromatic N) is 1. The number of pyridine rings is 1. The molecule has 1 heterocycles. The minimum Gasteiger partial charge on any atom is -0.506 e. The summed E-state index contributed by atoms with van der Waals surface area (Å²) in [7, 11) is 0. The average molecular weight is 386 g/mol. The highest BCUT2D eigenvalue weighted by Crippen LogP contribution is 2.37. The van der Waals surface area contributed by atoms with Crippen molar-refractivity contribution in [1.82, 2.24) is 4.98 Å². The lowest BCUT2D eigenvalue weighted by Crippen LogP contribution is -2.29. The number of aromatic hydroxyl groups is 1. The molecule has 1 atom stereocenters. The SMILES string of the molecule is Cl.O=C(OCCC(O)(c1ccccc1)c1ccncc1O)c1ccccc1. The molecule has 0 aliphatic heterocycles. The average Bonchev–Trinajstić information content (AvgIpc) is 2.69. The van der Waals surface area contributed by atoms with Crippen molar-refractivity contribution in [2.75, 3.05) is 6.61 Å². The molecule has 0 fully saturated rings. The van der Waals surface area contributed by atoms with Crippen molar-refractivity contribution in [1.29, 1.82) is 0 Å². The van der Waals surface area contributed by atoms with Gasteiger partial charge in [-0.3, -0.25) is 4.98 Å². The van der Waals surface area contributed by atoms with Gasteiger partial charge < -0.3 is 14.9 Å². The molecule has 0 saturated carbocycles. The molecule has 0 amide bonds. The smallest absolute Gasteiger partial charge is 0.338 e. The summed E-state index contributed by atoms with van der Waals surface area (Å²) >= 11 is 0. The quantitative estimate of drug-likeness (QED) is 0.632. The van der Waals surface area contributed by atoms with Crippen LogP contribution in [0.4, 0.5) is 0 Å². The summed E-state index contributed by atoms with van der Waals surface area (Å²) in [6.45, 7) is -0.0130. The van der Waals surface area contributed by atoms with Crippen molar-refractivity contribution in [2.45, 2.75) is 12.0 Å². The van der Waals surface area contributed by atoms with Gasteiger partial charge in [-0.25, -0.2) is 4.79 Å². The van der Waals surface area contributed by atoms with Gasteiger partial charge in [-0.2, -0.15) is 0 Å². The molecule has 27 heavy (non-hydrogen) atoms. The van der Waals surface area contributed by atoms with Crippen LogP contribution < -0.4 is 0 Å². The zero-order valence-electron chi connectivity index (χ0n) is 14.5. The predicted molar refractivity (Wildman–Crippen MR) is 104 cm³/mol. The number of hydrogen-bond donors (Lipinski definition) is 2. The van der Waals surface area contributed by atoms with Gasteiger partial charge in [0.1, 0.15) is 11.4 Å². The van der Waals surface area contributed by atoms with Crippen LogP contribution in [0.3, 0.4) is 0 Å². The molecule has 140 valence electrons. The Morgan fingerprint density at radius 1 is 1.00 bits per heavy atom. The molecular weight excluding hydrogens is 366 g/mol. The molecule has 0 bridgehead atoms. The normalized spacial score (nSPS) is 12.5. The van der Waals surface area contributed by atoms with E-state index in [1.54, 1.807) is 54.6 Å². The van der Waals surface area contributed by atoms with E-state index in [1.807, 2.05) is 12.1 Å². The maximum absolute atomic E-state index is 12.1. The molecule has 0 aliphatic carbocycles. The van der Waals surface area contributed by atoms with Crippen LogP contribution in [0.5, 0.6) is 5.75 Å². The van der Waals surface area contributed by atoms with Crippen LogP contribution in [0.25, 0.3) is 0 Å². The highest BCUT2D eigenvalue weighted by molar-refractivity contribution is 5.89. The molecule has 5 nitrogen and oxygen atoms in total. The molecule has 3 aromatic rings. The number of halogens is 1. The molecule has 3 rings (SSSR count). The van der Waals surface area contributed by atoms with Crippen LogP contribution in [0.1, 0.15) is 27.9 Å². The Hall–Kier alpha value is -2.89. The van der Waals surface area contributed by atoms with E-state index in [0.29, 0.717) is 16.7 Å². The molecule has 2 N–H and O–H groups in total. The number of benzene rings is 2. The zero-order chi connectivity index (χ0) is 18.4. The molecule has 0 saturated heterocycles. The Kier molecular flexibility index (Phi) is 6.93. The van der Waals surface area contributed by atoms with Gasteiger partial charge >= 0.3 is 5.97 Å². The van der Waals surface area contributed by atoms with E-state index in [2.05, 4.69) is 4.98 Å². The first-order valence-electron chi connectivity index (χ1n) is 8.25. The second kappa shape index (κ2) is 9.16. The molecule has 0 spiro atoms. The lowest BCUT2D eigenvalue weighted by atomic mass is 9.84. The zero-order valence-corrected chi connectivity index (χ0v) is 15.3. The van der Waals surface area contributed by atoms with E-state index in [0.717, 1.165) is 0 Å². The largest absolute Gasteiger partial charge is 0.506 e. The summed E-state index contributed by atoms with van der Waals surface area (Å²) in [6, 6.07) is 19.2. The summed E-state index contributed by atoms with van der Waals surface area (Å²) in [5, 5.41) is 21.5. The third-order valence-corrected chi connectivity index (χ3v) is 4.20. The highest BCUT2D eigenvalue weighted by Gasteiger charge is 2.34. The maximum atomic E-state index is 12.1. The predicted octanol–water partition coefficient (Wildman–Crippen LogP) is 3.69. The van der Waals surface area contributed by atoms with Crippen molar-refractivity contribution in [3.8, 4) is 5.75 Å². The first-order chi connectivity index (χ1) is 12.6. The summed E-state index contributed by atoms with van der Waals surface area (Å²) in [5.41, 5.74) is -0.153. The third kappa shape index (κ3) is 4.64. The van der Waals surface area contributed by atoms with Gasteiger partial charge in [-0.15, -0.1) is 12.4 Å². The Bertz CT molecular complexity index is 874. The van der Waals surface area contributed by atoms with E-state index in [1.165, 1.54) is 12.4 Å². The second-order valence-corrected chi connectivity index (χ2v) is 5.87. The topological polar surface area (TPSA) is 79.7 Å². The van der Waals surface area contributed by atoms with Crippen LogP contribution in [-0.2, 0) is 10.3 Å². The molecule has 6 heteroatoms. The van der Waals surface area contributed by atoms with E-state index in [9.17, 15) is 15.0 Å². The number of esters is 1. The van der Waals surface area contributed by atoms with Gasteiger partial charge in [0.05, 0.1) is 18.4 Å². The Morgan fingerprint density at radius 3 is 2.26 bits per heavy atom. The van der Waals surface area contributed by atoms with Gasteiger partial charge in [0, 0.05) is 18.2 Å². The number of ether oxygens (including phenoxy) is 1. The van der Waals surface area contributed by atoms with Crippen molar-refractivity contribution in [3.05, 3.63) is 95.8 Å². The van der Waals surface area contributed by atoms with Crippen LogP contribution in [-0.4, -0.2) is 27.8 Å². The fraction of sp³-hybridized carbons (Fsp3) is 0.143. The molecular formula is C21H20ClNO4. The maximum Gasteiger partial charge on any atom is 0.338 e. The van der Waals surface area contributed by atoms with Gasteiger partial charge in [-0.05, 0) is 23.8 Å². The molecule has 0 radical (unpaired) electrons. The number of rotatable bonds is 6. The second-order valence-electron chi connectivity index (χ2n) is 5.87. The van der Waals surface area contributed by atoms with Crippen molar-refractivity contribution >= 4 is 18.4 Å². The summed E-state index contributed by atoms with van der Waals surface area (Å²) in [6.07, 6.45) is 2.87. The van der Waals surface area contributed by atoms with Crippen LogP contribution in [0.15, 0.2) is 79.1 Å². The van der Waals surface area contributed by atoms with Crippen molar-refractivity contribution in [3.63, 3.8) is 0 Å². The van der Waals surface area contributed by atoms with Crippen LogP contribution in [0, 0.1) is 0 Å². The molecule has 0 aliphatic rings. The number of carbonyl (C=O) groups is 1. The Morgan fingerprint density at radius 2 is 1.63 bits per heavy atom. The van der Waals surface area contributed by atoms with E-state index >= 15 is 0 Å². The van der Waals surface area contributed by atoms with E-state index in [4.69, 9.17) is 4.74 Å². The highest BCUT2D eigenvalue weighted by atomic mass is 35.5. The van der Waals surface area contributed by atoms with Crippen molar-refractivity contribution in [2.24, 2.45) is 0 Å². The van der Waals surface area contributed by atoms with Gasteiger partial charge in [0.15, 0.2) is 0 Å². The molecule has 1 aromatic heterocycles. The van der Waals surface area contributed by atoms with E-state index in [-0.39, 0.29) is 31.2 Å². The van der Waals surface area contributed by atoms with Crippen LogP contribution in [0.2, 0.25) is 0 Å². The number of hydrogen-bond acceptors (Lipinski definition) is 5. The monoisotopic (exact) mass is 385 g/mol. The Labute approximate surface area is 163 Å². The summed E-state index contributed by atoms with van der Waals surface area (Å²) < 4.78 is 5.31. The molecule has 1 unspecified atom stereocenters. The molecule has 2 aromatic carbocycles. The minimum atomic E-state index is -1.51. The van der Waals surface area contributed by atoms with Gasteiger partial charge in [0.2, 0.25) is 0 Å². The van der Waals surface area contributed by atoms with Crippen LogP contribution >= 0.6 is 12.4 Å². The minimum absolute atomic E-state index is 0. The lowest BCUT2D eigenvalue weighted by Gasteiger charge is -2.29. The fourth-order valence-electron chi connectivity index (χ4n) is 2.83. The number of aromatic nitrogens is 1. The fourth-order valence-corrected chi connectivity index (χ4v) is 2.83. The first-order valence-corrected chi connectivity index (χ1v) is 8.25. The number of carbonyl (C=O) groups excluding carboxylic acids is 1. The lowest BCUT2D eigenvalue weighted by molar-refractivity contribution is 0.0228. The number of aliphatic hydroxyl groups is 1. The summed E-state index contributed by atoms with van der Waals surface area (Å²) in [4.78, 5) is 16.0. The van der Waals surface area contributed by atoms with E-state index < -0.39 is 11.6 Å².